The number of hydrogen-bond acceptors (Lipinski definition) is 6. The van der Waals surface area contributed by atoms with Crippen molar-refractivity contribution in [2.24, 2.45) is 0 Å². The predicted molar refractivity (Wildman–Crippen MR) is 94.0 cm³/mol. The lowest BCUT2D eigenvalue weighted by atomic mass is 10.2. The molecule has 0 aliphatic heterocycles. The number of hydrogen-bond donors (Lipinski definition) is 1. The van der Waals surface area contributed by atoms with Crippen LogP contribution in [0.15, 0.2) is 36.8 Å². The molecule has 0 saturated carbocycles. The second-order valence-electron chi connectivity index (χ2n) is 5.80. The number of pyridine rings is 2. The maximum absolute atomic E-state index is 12.9. The molecule has 29 heavy (non-hydrogen) atoms. The van der Waals surface area contributed by atoms with Crippen molar-refractivity contribution < 1.29 is 18.0 Å². The van der Waals surface area contributed by atoms with Crippen LogP contribution in [0, 0.1) is 11.3 Å². The molecule has 0 spiro atoms. The quantitative estimate of drug-likeness (QED) is 0.648. The summed E-state index contributed by atoms with van der Waals surface area (Å²) >= 11 is 5.62. The Bertz CT molecular complexity index is 1090. The van der Waals surface area contributed by atoms with Crippen molar-refractivity contribution in [1.82, 2.24) is 30.0 Å². The minimum atomic E-state index is -4.67. The molecule has 3 aromatic heterocycles. The molecule has 3 heterocycles. The fourth-order valence-corrected chi connectivity index (χ4v) is 2.62. The fraction of sp³-hybridized carbons (Fsp3) is 0.176. The molecule has 1 N–H and O–H groups in total. The van der Waals surface area contributed by atoms with Gasteiger partial charge in [0.15, 0.2) is 11.6 Å². The molecule has 148 valence electrons. The number of nitriles is 1. The average molecular weight is 422 g/mol. The summed E-state index contributed by atoms with van der Waals surface area (Å²) in [6.07, 6.45) is -2.09. The van der Waals surface area contributed by atoms with E-state index in [-0.39, 0.29) is 5.82 Å². The van der Waals surface area contributed by atoms with E-state index in [4.69, 9.17) is 16.9 Å². The lowest BCUT2D eigenvalue weighted by Crippen LogP contribution is -2.30. The van der Waals surface area contributed by atoms with Crippen LogP contribution in [0.25, 0.3) is 5.82 Å². The summed E-state index contributed by atoms with van der Waals surface area (Å²) < 4.78 is 40.1. The van der Waals surface area contributed by atoms with E-state index < -0.39 is 34.5 Å². The van der Waals surface area contributed by atoms with Gasteiger partial charge in [-0.1, -0.05) is 11.6 Å². The first-order valence-corrected chi connectivity index (χ1v) is 8.39. The fourth-order valence-electron chi connectivity index (χ4n) is 2.41. The van der Waals surface area contributed by atoms with Gasteiger partial charge in [-0.25, -0.2) is 15.0 Å². The van der Waals surface area contributed by atoms with Crippen molar-refractivity contribution in [3.63, 3.8) is 0 Å². The lowest BCUT2D eigenvalue weighted by Gasteiger charge is -2.15. The molecule has 1 amide bonds. The summed E-state index contributed by atoms with van der Waals surface area (Å²) in [6.45, 7) is 1.57. The molecule has 8 nitrogen and oxygen atoms in total. The minimum absolute atomic E-state index is 0.272. The van der Waals surface area contributed by atoms with Gasteiger partial charge in [0, 0.05) is 6.20 Å². The van der Waals surface area contributed by atoms with E-state index in [1.54, 1.807) is 13.0 Å². The number of amides is 1. The number of nitrogens with zero attached hydrogens (tertiary/aromatic N) is 6. The van der Waals surface area contributed by atoms with Crippen molar-refractivity contribution >= 4 is 17.5 Å². The zero-order valence-corrected chi connectivity index (χ0v) is 15.4. The van der Waals surface area contributed by atoms with Crippen LogP contribution < -0.4 is 5.32 Å². The molecule has 1 atom stereocenters. The number of rotatable bonds is 4. The Hall–Kier alpha value is -3.52. The Balaban J connectivity index is 1.84. The third kappa shape index (κ3) is 4.49. The van der Waals surface area contributed by atoms with Crippen molar-refractivity contribution in [3.8, 4) is 11.9 Å². The molecule has 0 bridgehead atoms. The molecular formula is C17H11ClF3N7O. The third-order valence-corrected chi connectivity index (χ3v) is 3.95. The van der Waals surface area contributed by atoms with E-state index in [1.165, 1.54) is 23.3 Å². The van der Waals surface area contributed by atoms with Crippen LogP contribution in [0.1, 0.15) is 40.4 Å². The van der Waals surface area contributed by atoms with Crippen LogP contribution in [0.5, 0.6) is 0 Å². The Morgan fingerprint density at radius 3 is 2.69 bits per heavy atom. The first kappa shape index (κ1) is 20.2. The van der Waals surface area contributed by atoms with Crippen LogP contribution in [-0.2, 0) is 6.18 Å². The summed E-state index contributed by atoms with van der Waals surface area (Å²) in [4.78, 5) is 24.2. The summed E-state index contributed by atoms with van der Waals surface area (Å²) in [5.41, 5.74) is -1.22. The number of aromatic nitrogens is 5. The Labute approximate surface area is 167 Å². The van der Waals surface area contributed by atoms with Gasteiger partial charge in [-0.15, -0.1) is 0 Å². The maximum Gasteiger partial charge on any atom is 0.416 e. The van der Waals surface area contributed by atoms with Crippen molar-refractivity contribution in [2.45, 2.75) is 19.1 Å². The van der Waals surface area contributed by atoms with Gasteiger partial charge in [0.1, 0.15) is 23.2 Å². The van der Waals surface area contributed by atoms with Gasteiger partial charge in [-0.3, -0.25) is 4.79 Å². The summed E-state index contributed by atoms with van der Waals surface area (Å²) in [5.74, 6) is -0.251. The van der Waals surface area contributed by atoms with E-state index >= 15 is 0 Å². The molecule has 0 fully saturated rings. The van der Waals surface area contributed by atoms with Crippen molar-refractivity contribution in [3.05, 3.63) is 64.6 Å². The highest BCUT2D eigenvalue weighted by Gasteiger charge is 2.32. The van der Waals surface area contributed by atoms with Crippen LogP contribution in [0.4, 0.5) is 13.2 Å². The molecule has 0 aromatic carbocycles. The molecule has 3 aromatic rings. The molecule has 0 saturated heterocycles. The minimum Gasteiger partial charge on any atom is -0.341 e. The van der Waals surface area contributed by atoms with E-state index in [1.807, 2.05) is 6.07 Å². The number of nitrogens with one attached hydrogen (secondary N) is 1. The summed E-state index contributed by atoms with van der Waals surface area (Å²) in [6, 6.07) is 5.51. The molecule has 0 aliphatic rings. The van der Waals surface area contributed by atoms with Crippen molar-refractivity contribution in [1.29, 1.82) is 5.26 Å². The zero-order valence-electron chi connectivity index (χ0n) is 14.6. The highest BCUT2D eigenvalue weighted by molar-refractivity contribution is 6.29. The Kier molecular flexibility index (Phi) is 5.47. The van der Waals surface area contributed by atoms with Gasteiger partial charge in [-0.2, -0.15) is 28.2 Å². The van der Waals surface area contributed by atoms with Gasteiger partial charge >= 0.3 is 6.18 Å². The number of halogens is 4. The van der Waals surface area contributed by atoms with E-state index in [2.05, 4.69) is 25.4 Å². The van der Waals surface area contributed by atoms with Gasteiger partial charge in [0.2, 0.25) is 0 Å². The lowest BCUT2D eigenvalue weighted by molar-refractivity contribution is -0.137. The SMILES string of the molecule is C[C@H](NC(=O)c1cc(C(F)(F)F)cc(Cl)n1)c1ncnn1-c1ccc(C#N)cn1. The molecule has 3 rings (SSSR count). The summed E-state index contributed by atoms with van der Waals surface area (Å²) in [5, 5.41) is 14.9. The van der Waals surface area contributed by atoms with E-state index in [0.29, 0.717) is 23.5 Å². The molecule has 0 aliphatic carbocycles. The van der Waals surface area contributed by atoms with Crippen molar-refractivity contribution in [2.75, 3.05) is 0 Å². The first-order valence-electron chi connectivity index (χ1n) is 8.01. The van der Waals surface area contributed by atoms with Crippen LogP contribution in [0.3, 0.4) is 0 Å². The second-order valence-corrected chi connectivity index (χ2v) is 6.19. The molecule has 12 heteroatoms. The average Bonchev–Trinajstić information content (AvgIpc) is 3.17. The highest BCUT2D eigenvalue weighted by atomic mass is 35.5. The largest absolute Gasteiger partial charge is 0.416 e. The standard InChI is InChI=1S/C17H11ClF3N7O/c1-9(15-24-8-25-28(15)14-3-2-10(6-22)7-23-14)26-16(29)12-4-11(17(19,20)21)5-13(18)27-12/h2-5,7-9H,1H3,(H,26,29)/t9-/m0/s1. The van der Waals surface area contributed by atoms with Crippen LogP contribution >= 0.6 is 11.6 Å². The normalized spacial score (nSPS) is 12.3. The smallest absolute Gasteiger partial charge is 0.341 e. The number of carbonyl (C=O) groups is 1. The Morgan fingerprint density at radius 1 is 1.31 bits per heavy atom. The van der Waals surface area contributed by atoms with Gasteiger partial charge < -0.3 is 5.32 Å². The molecular weight excluding hydrogens is 411 g/mol. The van der Waals surface area contributed by atoms with E-state index in [0.717, 1.165) is 0 Å². The topological polar surface area (TPSA) is 109 Å². The first-order chi connectivity index (χ1) is 13.7. The predicted octanol–water partition coefficient (Wildman–Crippen LogP) is 3.09. The summed E-state index contributed by atoms with van der Waals surface area (Å²) in [7, 11) is 0. The Morgan fingerprint density at radius 2 is 2.07 bits per heavy atom. The zero-order chi connectivity index (χ0) is 21.2. The maximum atomic E-state index is 12.9. The van der Waals surface area contributed by atoms with E-state index in [9.17, 15) is 18.0 Å². The molecule has 0 radical (unpaired) electrons. The van der Waals surface area contributed by atoms with Gasteiger partial charge in [0.25, 0.3) is 5.91 Å². The number of carbonyl (C=O) groups excluding carboxylic acids is 1. The monoisotopic (exact) mass is 421 g/mol. The number of alkyl halides is 3. The van der Waals surface area contributed by atoms with Gasteiger partial charge in [0.05, 0.1) is 17.2 Å². The second kappa shape index (κ2) is 7.84. The molecule has 0 unspecified atom stereocenters. The highest BCUT2D eigenvalue weighted by Crippen LogP contribution is 2.31. The van der Waals surface area contributed by atoms with Crippen LogP contribution in [-0.4, -0.2) is 30.6 Å². The van der Waals surface area contributed by atoms with Gasteiger partial charge in [-0.05, 0) is 31.2 Å². The van der Waals surface area contributed by atoms with Crippen LogP contribution in [0.2, 0.25) is 5.15 Å². The third-order valence-electron chi connectivity index (χ3n) is 3.76.